The number of ether oxygens (including phenoxy) is 2. The average Bonchev–Trinajstić information content (AvgIpc) is 2.97. The van der Waals surface area contributed by atoms with Crippen molar-refractivity contribution in [3.63, 3.8) is 0 Å². The van der Waals surface area contributed by atoms with Crippen LogP contribution in [0.25, 0.3) is 0 Å². The molecule has 4 atom stereocenters. The van der Waals surface area contributed by atoms with Crippen molar-refractivity contribution in [3.8, 4) is 0 Å². The summed E-state index contributed by atoms with van der Waals surface area (Å²) >= 11 is 0. The fraction of sp³-hybridized carbons (Fsp3) is 0.867. The van der Waals surface area contributed by atoms with E-state index in [4.69, 9.17) is 9.47 Å². The highest BCUT2D eigenvalue weighted by molar-refractivity contribution is 5.86. The van der Waals surface area contributed by atoms with E-state index >= 15 is 0 Å². The van der Waals surface area contributed by atoms with Crippen molar-refractivity contribution in [1.82, 2.24) is 10.6 Å². The molecule has 0 saturated carbocycles. The Morgan fingerprint density at radius 2 is 2.05 bits per heavy atom. The smallest absolute Gasteiger partial charge is 0.328 e. The second-order valence-electron chi connectivity index (χ2n) is 5.60. The molecule has 6 nitrogen and oxygen atoms in total. The van der Waals surface area contributed by atoms with Gasteiger partial charge in [-0.05, 0) is 18.9 Å². The summed E-state index contributed by atoms with van der Waals surface area (Å²) < 4.78 is 10.2. The van der Waals surface area contributed by atoms with E-state index in [1.807, 2.05) is 13.8 Å². The minimum atomic E-state index is -0.597. The quantitative estimate of drug-likeness (QED) is 0.646. The van der Waals surface area contributed by atoms with Crippen molar-refractivity contribution in [2.75, 3.05) is 26.9 Å². The van der Waals surface area contributed by atoms with Gasteiger partial charge < -0.3 is 20.1 Å². The Morgan fingerprint density at radius 3 is 2.62 bits per heavy atom. The van der Waals surface area contributed by atoms with E-state index in [-0.39, 0.29) is 23.8 Å². The number of hydrogen-bond donors (Lipinski definition) is 2. The molecule has 0 aromatic rings. The van der Waals surface area contributed by atoms with Crippen molar-refractivity contribution < 1.29 is 19.1 Å². The lowest BCUT2D eigenvalue weighted by atomic mass is 9.96. The molecule has 6 heteroatoms. The maximum atomic E-state index is 12.4. The molecule has 0 radical (unpaired) electrons. The van der Waals surface area contributed by atoms with Gasteiger partial charge >= 0.3 is 5.97 Å². The average molecular weight is 300 g/mol. The molecule has 0 spiro atoms. The van der Waals surface area contributed by atoms with Gasteiger partial charge in [0, 0.05) is 6.04 Å². The van der Waals surface area contributed by atoms with Gasteiger partial charge in [0.1, 0.15) is 6.04 Å². The number of carbonyl (C=O) groups is 2. The molecule has 1 amide bonds. The van der Waals surface area contributed by atoms with Gasteiger partial charge in [0.15, 0.2) is 0 Å². The van der Waals surface area contributed by atoms with E-state index < -0.39 is 12.0 Å². The van der Waals surface area contributed by atoms with Crippen LogP contribution in [0.5, 0.6) is 0 Å². The zero-order valence-corrected chi connectivity index (χ0v) is 13.5. The summed E-state index contributed by atoms with van der Waals surface area (Å²) in [5.41, 5.74) is 0. The first-order valence-corrected chi connectivity index (χ1v) is 7.74. The Kier molecular flexibility index (Phi) is 7.67. The molecule has 1 rings (SSSR count). The van der Waals surface area contributed by atoms with E-state index in [9.17, 15) is 9.59 Å². The van der Waals surface area contributed by atoms with Crippen molar-refractivity contribution in [3.05, 3.63) is 0 Å². The number of esters is 1. The second-order valence-corrected chi connectivity index (χ2v) is 5.60. The lowest BCUT2D eigenvalue weighted by molar-refractivity contribution is -0.147. The van der Waals surface area contributed by atoms with Crippen molar-refractivity contribution >= 4 is 11.9 Å². The van der Waals surface area contributed by atoms with Crippen LogP contribution in [-0.2, 0) is 19.1 Å². The third-order valence-corrected chi connectivity index (χ3v) is 4.04. The molecule has 1 fully saturated rings. The van der Waals surface area contributed by atoms with Gasteiger partial charge in [-0.15, -0.1) is 0 Å². The molecule has 0 aromatic heterocycles. The summed E-state index contributed by atoms with van der Waals surface area (Å²) in [6.45, 7) is 7.76. The molecular weight excluding hydrogens is 272 g/mol. The Balaban J connectivity index is 2.65. The highest BCUT2D eigenvalue weighted by Gasteiger charge is 2.36. The second kappa shape index (κ2) is 9.00. The minimum Gasteiger partial charge on any atom is -0.467 e. The van der Waals surface area contributed by atoms with Crippen LogP contribution in [0.15, 0.2) is 0 Å². The lowest BCUT2D eigenvalue weighted by Crippen LogP contribution is -2.51. The Hall–Kier alpha value is -1.14. The first-order valence-electron chi connectivity index (χ1n) is 7.74. The van der Waals surface area contributed by atoms with Crippen LogP contribution in [0.1, 0.15) is 33.6 Å². The predicted octanol–water partition coefficient (Wildman–Crippen LogP) is 0.705. The number of hydrogen-bond acceptors (Lipinski definition) is 5. The third-order valence-electron chi connectivity index (χ3n) is 4.04. The molecule has 1 aliphatic heterocycles. The Morgan fingerprint density at radius 1 is 1.33 bits per heavy atom. The molecule has 2 N–H and O–H groups in total. The highest BCUT2D eigenvalue weighted by atomic mass is 16.5. The topological polar surface area (TPSA) is 76.7 Å². The van der Waals surface area contributed by atoms with Crippen molar-refractivity contribution in [1.29, 1.82) is 0 Å². The standard InChI is InChI=1S/C15H28N2O4/c1-5-7-16-12-9-21-8-11(12)14(18)17-13(10(3)6-2)15(19)20-4/h10-13,16H,5-9H2,1-4H3,(H,17,18). The van der Waals surface area contributed by atoms with Crippen LogP contribution >= 0.6 is 0 Å². The van der Waals surface area contributed by atoms with E-state index in [0.717, 1.165) is 19.4 Å². The Labute approximate surface area is 126 Å². The van der Waals surface area contributed by atoms with Gasteiger partial charge in [0.2, 0.25) is 5.91 Å². The van der Waals surface area contributed by atoms with E-state index in [1.54, 1.807) is 0 Å². The van der Waals surface area contributed by atoms with Crippen LogP contribution in [0.2, 0.25) is 0 Å². The van der Waals surface area contributed by atoms with Crippen LogP contribution in [0.3, 0.4) is 0 Å². The third kappa shape index (κ3) is 4.97. The monoisotopic (exact) mass is 300 g/mol. The maximum Gasteiger partial charge on any atom is 0.328 e. The summed E-state index contributed by atoms with van der Waals surface area (Å²) in [7, 11) is 1.34. The summed E-state index contributed by atoms with van der Waals surface area (Å²) in [4.78, 5) is 24.3. The zero-order chi connectivity index (χ0) is 15.8. The van der Waals surface area contributed by atoms with E-state index in [2.05, 4.69) is 17.6 Å². The molecule has 1 saturated heterocycles. The molecule has 0 aromatic carbocycles. The lowest BCUT2D eigenvalue weighted by Gasteiger charge is -2.25. The number of methoxy groups -OCH3 is 1. The van der Waals surface area contributed by atoms with Gasteiger partial charge in [-0.25, -0.2) is 4.79 Å². The molecule has 0 bridgehead atoms. The van der Waals surface area contributed by atoms with Crippen LogP contribution < -0.4 is 10.6 Å². The van der Waals surface area contributed by atoms with Crippen molar-refractivity contribution in [2.45, 2.75) is 45.7 Å². The van der Waals surface area contributed by atoms with Crippen LogP contribution in [0, 0.1) is 11.8 Å². The Bertz CT molecular complexity index is 349. The number of nitrogens with one attached hydrogen (secondary N) is 2. The fourth-order valence-corrected chi connectivity index (χ4v) is 2.40. The normalized spacial score (nSPS) is 24.4. The molecule has 0 aliphatic carbocycles. The number of amides is 1. The largest absolute Gasteiger partial charge is 0.467 e. The predicted molar refractivity (Wildman–Crippen MR) is 79.8 cm³/mol. The molecule has 4 unspecified atom stereocenters. The molecule has 1 aliphatic rings. The van der Waals surface area contributed by atoms with Crippen LogP contribution in [-0.4, -0.2) is 50.8 Å². The summed E-state index contributed by atoms with van der Waals surface area (Å²) in [5.74, 6) is -0.759. The SMILES string of the molecule is CCCNC1COCC1C(=O)NC(C(=O)OC)C(C)CC. The van der Waals surface area contributed by atoms with Crippen molar-refractivity contribution in [2.24, 2.45) is 11.8 Å². The maximum absolute atomic E-state index is 12.4. The fourth-order valence-electron chi connectivity index (χ4n) is 2.40. The van der Waals surface area contributed by atoms with E-state index in [1.165, 1.54) is 7.11 Å². The number of carbonyl (C=O) groups excluding carboxylic acids is 2. The first-order chi connectivity index (χ1) is 10.0. The molecule has 122 valence electrons. The van der Waals surface area contributed by atoms with Gasteiger partial charge in [-0.2, -0.15) is 0 Å². The van der Waals surface area contributed by atoms with Gasteiger partial charge in [-0.3, -0.25) is 4.79 Å². The van der Waals surface area contributed by atoms with Gasteiger partial charge in [0.05, 0.1) is 26.2 Å². The zero-order valence-electron chi connectivity index (χ0n) is 13.5. The molecule has 21 heavy (non-hydrogen) atoms. The first kappa shape index (κ1) is 17.9. The van der Waals surface area contributed by atoms with E-state index in [0.29, 0.717) is 13.2 Å². The van der Waals surface area contributed by atoms with Gasteiger partial charge in [0.25, 0.3) is 0 Å². The van der Waals surface area contributed by atoms with Gasteiger partial charge in [-0.1, -0.05) is 27.2 Å². The van der Waals surface area contributed by atoms with Crippen LogP contribution in [0.4, 0.5) is 0 Å². The highest BCUT2D eigenvalue weighted by Crippen LogP contribution is 2.16. The minimum absolute atomic E-state index is 0.0141. The number of rotatable bonds is 8. The molecule has 1 heterocycles. The summed E-state index contributed by atoms with van der Waals surface area (Å²) in [5, 5.41) is 6.15. The summed E-state index contributed by atoms with van der Waals surface area (Å²) in [6.07, 6.45) is 1.79. The summed E-state index contributed by atoms with van der Waals surface area (Å²) in [6, 6.07) is -0.583. The molecular formula is C15H28N2O4.